The first-order valence-electron chi connectivity index (χ1n) is 5.55. The van der Waals surface area contributed by atoms with Crippen LogP contribution in [-0.4, -0.2) is 32.1 Å². The van der Waals surface area contributed by atoms with Gasteiger partial charge in [-0.25, -0.2) is 13.4 Å². The Balaban J connectivity index is 2.22. The molecule has 0 amide bonds. The van der Waals surface area contributed by atoms with Crippen LogP contribution in [0.2, 0.25) is 0 Å². The highest BCUT2D eigenvalue weighted by molar-refractivity contribution is 7.92. The number of methoxy groups -OCH3 is 1. The van der Waals surface area contributed by atoms with Crippen molar-refractivity contribution in [3.63, 3.8) is 0 Å². The minimum atomic E-state index is -3.38. The lowest BCUT2D eigenvalue weighted by Crippen LogP contribution is -2.16. The van der Waals surface area contributed by atoms with E-state index in [-0.39, 0.29) is 5.75 Å². The van der Waals surface area contributed by atoms with E-state index >= 15 is 0 Å². The molecule has 5 nitrogen and oxygen atoms in total. The zero-order chi connectivity index (χ0) is 13.9. The van der Waals surface area contributed by atoms with Crippen molar-refractivity contribution in [3.05, 3.63) is 18.2 Å². The molecule has 0 saturated carbocycles. The van der Waals surface area contributed by atoms with Crippen LogP contribution in [0, 0.1) is 0 Å². The monoisotopic (exact) mass is 320 g/mol. The summed E-state index contributed by atoms with van der Waals surface area (Å²) in [6.07, 6.45) is 0.412. The molecule has 0 bridgehead atoms. The van der Waals surface area contributed by atoms with E-state index < -0.39 is 10.0 Å². The zero-order valence-electron chi connectivity index (χ0n) is 10.2. The fourth-order valence-electron chi connectivity index (χ4n) is 1.50. The molecule has 0 aliphatic heterocycles. The number of rotatable bonds is 6. The number of benzene rings is 1. The lowest BCUT2D eigenvalue weighted by molar-refractivity contribution is 0.415. The Morgan fingerprint density at radius 1 is 1.47 bits per heavy atom. The molecule has 1 N–H and O–H groups in total. The number of halogens is 1. The van der Waals surface area contributed by atoms with Crippen LogP contribution in [0.4, 0.5) is 5.13 Å². The molecule has 0 aliphatic carbocycles. The molecular formula is C11H13ClN2O3S2. The number of anilines is 1. The smallest absolute Gasteiger partial charge is 0.234 e. The fourth-order valence-corrected chi connectivity index (χ4v) is 4.03. The van der Waals surface area contributed by atoms with Crippen molar-refractivity contribution in [2.75, 3.05) is 23.5 Å². The maximum Gasteiger partial charge on any atom is 0.234 e. The Bertz CT molecular complexity index is 670. The van der Waals surface area contributed by atoms with Crippen LogP contribution in [0.15, 0.2) is 18.2 Å². The zero-order valence-corrected chi connectivity index (χ0v) is 12.6. The summed E-state index contributed by atoms with van der Waals surface area (Å²) in [5.74, 6) is 1.03. The Labute approximate surface area is 120 Å². The van der Waals surface area contributed by atoms with Crippen molar-refractivity contribution in [2.24, 2.45) is 0 Å². The Morgan fingerprint density at radius 2 is 2.26 bits per heavy atom. The Kier molecular flexibility index (Phi) is 4.49. The van der Waals surface area contributed by atoms with E-state index in [2.05, 4.69) is 9.71 Å². The standard InChI is InChI=1S/C11H13ClN2O3S2/c1-17-8-3-4-9-10(7-8)18-11(13-9)14-19(15,16)6-2-5-12/h3-4,7H,2,5-6H2,1H3,(H,13,14). The highest BCUT2D eigenvalue weighted by Crippen LogP contribution is 2.29. The fraction of sp³-hybridized carbons (Fsp3) is 0.364. The van der Waals surface area contributed by atoms with E-state index in [1.807, 2.05) is 6.07 Å². The average Bonchev–Trinajstić information content (AvgIpc) is 2.76. The summed E-state index contributed by atoms with van der Waals surface area (Å²) in [7, 11) is -1.80. The predicted molar refractivity (Wildman–Crippen MR) is 78.9 cm³/mol. The normalized spacial score (nSPS) is 11.7. The molecule has 0 saturated heterocycles. The average molecular weight is 321 g/mol. The van der Waals surface area contributed by atoms with E-state index in [0.717, 1.165) is 10.2 Å². The number of thiazole rings is 1. The number of nitrogens with zero attached hydrogens (tertiary/aromatic N) is 1. The van der Waals surface area contributed by atoms with Gasteiger partial charge in [0.15, 0.2) is 5.13 Å². The third kappa shape index (κ3) is 3.71. The molecule has 1 heterocycles. The number of alkyl halides is 1. The lowest BCUT2D eigenvalue weighted by atomic mass is 10.3. The van der Waals surface area contributed by atoms with Crippen molar-refractivity contribution in [3.8, 4) is 5.75 Å². The van der Waals surface area contributed by atoms with E-state index in [9.17, 15) is 8.42 Å². The second-order valence-corrected chi connectivity index (χ2v) is 7.07. The van der Waals surface area contributed by atoms with E-state index in [1.54, 1.807) is 19.2 Å². The molecule has 0 spiro atoms. The first kappa shape index (κ1) is 14.4. The number of nitrogens with one attached hydrogen (secondary N) is 1. The first-order chi connectivity index (χ1) is 9.04. The van der Waals surface area contributed by atoms with Gasteiger partial charge in [-0.3, -0.25) is 4.72 Å². The summed E-state index contributed by atoms with van der Waals surface area (Å²) < 4.78 is 31.9. The molecule has 104 valence electrons. The van der Waals surface area contributed by atoms with Crippen LogP contribution in [0.3, 0.4) is 0 Å². The molecule has 0 fully saturated rings. The summed E-state index contributed by atoms with van der Waals surface area (Å²) in [4.78, 5) is 4.22. The summed E-state index contributed by atoms with van der Waals surface area (Å²) in [6.45, 7) is 0. The van der Waals surface area contributed by atoms with Gasteiger partial charge in [0.1, 0.15) is 5.75 Å². The van der Waals surface area contributed by atoms with Crippen molar-refractivity contribution in [2.45, 2.75) is 6.42 Å². The van der Waals surface area contributed by atoms with Gasteiger partial charge in [0.05, 0.1) is 23.1 Å². The van der Waals surface area contributed by atoms with Gasteiger partial charge in [0.2, 0.25) is 10.0 Å². The lowest BCUT2D eigenvalue weighted by Gasteiger charge is -2.02. The highest BCUT2D eigenvalue weighted by atomic mass is 35.5. The van der Waals surface area contributed by atoms with E-state index in [1.165, 1.54) is 11.3 Å². The predicted octanol–water partition coefficient (Wildman–Crippen LogP) is 2.68. The summed E-state index contributed by atoms with van der Waals surface area (Å²) >= 11 is 6.76. The van der Waals surface area contributed by atoms with Gasteiger partial charge in [-0.2, -0.15) is 0 Å². The minimum absolute atomic E-state index is 0.00422. The summed E-state index contributed by atoms with van der Waals surface area (Å²) in [5.41, 5.74) is 0.737. The molecule has 0 unspecified atom stereocenters. The number of aromatic nitrogens is 1. The van der Waals surface area contributed by atoms with Crippen LogP contribution in [0.5, 0.6) is 5.75 Å². The molecule has 0 radical (unpaired) electrons. The largest absolute Gasteiger partial charge is 0.497 e. The molecule has 1 aromatic carbocycles. The van der Waals surface area contributed by atoms with Crippen molar-refractivity contribution < 1.29 is 13.2 Å². The third-order valence-corrected chi connectivity index (χ3v) is 5.05. The van der Waals surface area contributed by atoms with Gasteiger partial charge in [0.25, 0.3) is 0 Å². The number of fused-ring (bicyclic) bond motifs is 1. The molecule has 0 aliphatic rings. The van der Waals surface area contributed by atoms with E-state index in [0.29, 0.717) is 23.2 Å². The topological polar surface area (TPSA) is 68.3 Å². The third-order valence-electron chi connectivity index (χ3n) is 2.39. The molecule has 2 rings (SSSR count). The number of ether oxygens (including phenoxy) is 1. The summed E-state index contributed by atoms with van der Waals surface area (Å²) in [5, 5.41) is 0.359. The van der Waals surface area contributed by atoms with Crippen LogP contribution in [-0.2, 0) is 10.0 Å². The molecule has 2 aromatic rings. The number of hydrogen-bond donors (Lipinski definition) is 1. The van der Waals surface area contributed by atoms with Gasteiger partial charge < -0.3 is 4.74 Å². The van der Waals surface area contributed by atoms with Crippen molar-refractivity contribution in [1.29, 1.82) is 0 Å². The second kappa shape index (κ2) is 5.94. The summed E-state index contributed by atoms with van der Waals surface area (Å²) in [6, 6.07) is 5.40. The SMILES string of the molecule is COc1ccc2nc(NS(=O)(=O)CCCCl)sc2c1. The van der Waals surface area contributed by atoms with Gasteiger partial charge >= 0.3 is 0 Å². The minimum Gasteiger partial charge on any atom is -0.497 e. The number of hydrogen-bond acceptors (Lipinski definition) is 5. The number of sulfonamides is 1. The highest BCUT2D eigenvalue weighted by Gasteiger charge is 2.13. The van der Waals surface area contributed by atoms with Crippen LogP contribution < -0.4 is 9.46 Å². The van der Waals surface area contributed by atoms with Gasteiger partial charge in [-0.15, -0.1) is 11.6 Å². The first-order valence-corrected chi connectivity index (χ1v) is 8.55. The Morgan fingerprint density at radius 3 is 2.95 bits per heavy atom. The van der Waals surface area contributed by atoms with Gasteiger partial charge in [-0.05, 0) is 24.6 Å². The quantitative estimate of drug-likeness (QED) is 0.831. The Hall–Kier alpha value is -1.05. The van der Waals surface area contributed by atoms with Crippen LogP contribution in [0.25, 0.3) is 10.2 Å². The maximum atomic E-state index is 11.7. The molecule has 1 aromatic heterocycles. The molecule has 19 heavy (non-hydrogen) atoms. The molecule has 8 heteroatoms. The molecular weight excluding hydrogens is 308 g/mol. The van der Waals surface area contributed by atoms with Crippen LogP contribution >= 0.6 is 22.9 Å². The van der Waals surface area contributed by atoms with Crippen LogP contribution in [0.1, 0.15) is 6.42 Å². The van der Waals surface area contributed by atoms with Gasteiger partial charge in [0, 0.05) is 5.88 Å². The molecule has 0 atom stereocenters. The van der Waals surface area contributed by atoms with Gasteiger partial charge in [-0.1, -0.05) is 11.3 Å². The maximum absolute atomic E-state index is 11.7. The van der Waals surface area contributed by atoms with Crippen molar-refractivity contribution >= 4 is 48.3 Å². The second-order valence-electron chi connectivity index (χ2n) is 3.82. The van der Waals surface area contributed by atoms with E-state index in [4.69, 9.17) is 16.3 Å². The van der Waals surface area contributed by atoms with Crippen molar-refractivity contribution in [1.82, 2.24) is 4.98 Å².